The summed E-state index contributed by atoms with van der Waals surface area (Å²) >= 11 is 2.95. The number of ketones is 1. The smallest absolute Gasteiger partial charge is 0.244 e. The van der Waals surface area contributed by atoms with Gasteiger partial charge in [-0.1, -0.05) is 23.6 Å². The maximum absolute atomic E-state index is 12.6. The Labute approximate surface area is 133 Å². The molecule has 0 spiro atoms. The van der Waals surface area contributed by atoms with E-state index in [4.69, 9.17) is 0 Å². The fourth-order valence-corrected chi connectivity index (χ4v) is 3.35. The second kappa shape index (κ2) is 6.73. The standard InChI is InChI=1S/C15H16BrNO3S/c1-12-3-7-14(8-4-12)21(19,20)17(10-2-9-16)11-15(18)13-5-6-13/h3-4,7-8,13H,5-6,10-11H2,1H3. The van der Waals surface area contributed by atoms with Crippen LogP contribution in [0.25, 0.3) is 0 Å². The topological polar surface area (TPSA) is 54.5 Å². The van der Waals surface area contributed by atoms with Crippen molar-refractivity contribution < 1.29 is 13.2 Å². The number of carbonyl (C=O) groups excluding carboxylic acids is 1. The molecule has 0 heterocycles. The Hall–Kier alpha value is -1.16. The molecule has 0 atom stereocenters. The molecule has 21 heavy (non-hydrogen) atoms. The third-order valence-corrected chi connectivity index (χ3v) is 5.43. The van der Waals surface area contributed by atoms with Crippen molar-refractivity contribution in [2.75, 3.05) is 13.1 Å². The van der Waals surface area contributed by atoms with Crippen LogP contribution < -0.4 is 0 Å². The maximum atomic E-state index is 12.6. The summed E-state index contributed by atoms with van der Waals surface area (Å²) in [5, 5.41) is 0. The third-order valence-electron chi connectivity index (χ3n) is 3.35. The van der Waals surface area contributed by atoms with Gasteiger partial charge in [0.25, 0.3) is 0 Å². The van der Waals surface area contributed by atoms with Crippen LogP contribution >= 0.6 is 15.9 Å². The molecule has 2 rings (SSSR count). The molecule has 1 fully saturated rings. The molecule has 1 aromatic carbocycles. The van der Waals surface area contributed by atoms with Crippen LogP contribution in [0.2, 0.25) is 0 Å². The lowest BCUT2D eigenvalue weighted by atomic mass is 10.2. The SMILES string of the molecule is Cc1ccc(S(=O)(=O)N(CC#CBr)CC(=O)C2CC2)cc1. The van der Waals surface area contributed by atoms with E-state index in [0.29, 0.717) is 0 Å². The van der Waals surface area contributed by atoms with Crippen molar-refractivity contribution >= 4 is 31.7 Å². The average molecular weight is 370 g/mol. The molecule has 0 aliphatic heterocycles. The van der Waals surface area contributed by atoms with Gasteiger partial charge in [-0.25, -0.2) is 8.42 Å². The Morgan fingerprint density at radius 1 is 1.33 bits per heavy atom. The number of sulfonamides is 1. The lowest BCUT2D eigenvalue weighted by Gasteiger charge is -2.19. The Balaban J connectivity index is 2.25. The van der Waals surface area contributed by atoms with Gasteiger partial charge in [-0.3, -0.25) is 4.79 Å². The van der Waals surface area contributed by atoms with Gasteiger partial charge in [0.2, 0.25) is 10.0 Å². The van der Waals surface area contributed by atoms with Crippen LogP contribution in [-0.2, 0) is 14.8 Å². The number of rotatable bonds is 6. The molecular formula is C15H16BrNO3S. The van der Waals surface area contributed by atoms with Crippen molar-refractivity contribution in [3.8, 4) is 10.8 Å². The van der Waals surface area contributed by atoms with Gasteiger partial charge in [-0.15, -0.1) is 0 Å². The van der Waals surface area contributed by atoms with Gasteiger partial charge in [-0.2, -0.15) is 4.31 Å². The molecule has 6 heteroatoms. The Morgan fingerprint density at radius 3 is 2.48 bits per heavy atom. The lowest BCUT2D eigenvalue weighted by Crippen LogP contribution is -2.36. The minimum Gasteiger partial charge on any atom is -0.298 e. The number of nitrogens with zero attached hydrogens (tertiary/aromatic N) is 1. The number of benzene rings is 1. The highest BCUT2D eigenvalue weighted by Gasteiger charge is 2.33. The molecule has 1 saturated carbocycles. The Morgan fingerprint density at radius 2 is 1.95 bits per heavy atom. The van der Waals surface area contributed by atoms with Crippen molar-refractivity contribution in [2.24, 2.45) is 5.92 Å². The van der Waals surface area contributed by atoms with Crippen molar-refractivity contribution in [2.45, 2.75) is 24.7 Å². The zero-order chi connectivity index (χ0) is 15.5. The minimum atomic E-state index is -3.70. The first-order valence-corrected chi connectivity index (χ1v) is 8.86. The van der Waals surface area contributed by atoms with Crippen LogP contribution in [0.5, 0.6) is 0 Å². The first-order valence-electron chi connectivity index (χ1n) is 6.63. The minimum absolute atomic E-state index is 0.0000796. The monoisotopic (exact) mass is 369 g/mol. The zero-order valence-corrected chi connectivity index (χ0v) is 14.1. The van der Waals surface area contributed by atoms with E-state index in [1.165, 1.54) is 0 Å². The van der Waals surface area contributed by atoms with E-state index < -0.39 is 10.0 Å². The first-order chi connectivity index (χ1) is 9.95. The van der Waals surface area contributed by atoms with Crippen LogP contribution in [0.4, 0.5) is 0 Å². The van der Waals surface area contributed by atoms with E-state index in [-0.39, 0.29) is 29.7 Å². The van der Waals surface area contributed by atoms with E-state index in [1.807, 2.05) is 6.92 Å². The molecule has 1 aliphatic rings. The van der Waals surface area contributed by atoms with Gasteiger partial charge in [0.05, 0.1) is 18.0 Å². The predicted molar refractivity (Wildman–Crippen MR) is 84.4 cm³/mol. The summed E-state index contributed by atoms with van der Waals surface area (Å²) in [5.74, 6) is 2.66. The number of hydrogen-bond donors (Lipinski definition) is 0. The largest absolute Gasteiger partial charge is 0.298 e. The highest BCUT2D eigenvalue weighted by atomic mass is 79.9. The van der Waals surface area contributed by atoms with Crippen molar-refractivity contribution in [1.29, 1.82) is 0 Å². The molecule has 1 aliphatic carbocycles. The molecule has 1 aromatic rings. The first kappa shape index (κ1) is 16.2. The average Bonchev–Trinajstić information content (AvgIpc) is 3.28. The predicted octanol–water partition coefficient (Wildman–Crippen LogP) is 2.32. The number of aryl methyl sites for hydroxylation is 1. The van der Waals surface area contributed by atoms with Gasteiger partial charge >= 0.3 is 0 Å². The number of hydrogen-bond acceptors (Lipinski definition) is 3. The van der Waals surface area contributed by atoms with Gasteiger partial charge in [-0.05, 0) is 36.7 Å². The lowest BCUT2D eigenvalue weighted by molar-refractivity contribution is -0.120. The normalized spacial score (nSPS) is 14.6. The summed E-state index contributed by atoms with van der Waals surface area (Å²) in [6.07, 6.45) is 1.72. The molecule has 0 radical (unpaired) electrons. The third kappa shape index (κ3) is 4.16. The summed E-state index contributed by atoms with van der Waals surface area (Å²) in [6.45, 7) is 1.78. The highest BCUT2D eigenvalue weighted by Crippen LogP contribution is 2.30. The summed E-state index contributed by atoms with van der Waals surface area (Å²) in [6, 6.07) is 6.59. The van der Waals surface area contributed by atoms with E-state index >= 15 is 0 Å². The number of carbonyl (C=O) groups is 1. The molecule has 4 nitrogen and oxygen atoms in total. The Kier molecular flexibility index (Phi) is 5.20. The zero-order valence-electron chi connectivity index (χ0n) is 11.7. The molecule has 0 unspecified atom stereocenters. The van der Waals surface area contributed by atoms with E-state index in [0.717, 1.165) is 22.7 Å². The molecule has 0 N–H and O–H groups in total. The van der Waals surface area contributed by atoms with Crippen LogP contribution in [0.15, 0.2) is 29.2 Å². The fourth-order valence-electron chi connectivity index (χ4n) is 1.91. The summed E-state index contributed by atoms with van der Waals surface area (Å²) < 4.78 is 26.4. The van der Waals surface area contributed by atoms with Gasteiger partial charge in [0.15, 0.2) is 5.78 Å². The molecule has 0 amide bonds. The van der Waals surface area contributed by atoms with Crippen LogP contribution in [0.1, 0.15) is 18.4 Å². The molecule has 112 valence electrons. The van der Waals surface area contributed by atoms with Crippen LogP contribution in [0.3, 0.4) is 0 Å². The molecule has 0 bridgehead atoms. The number of halogens is 1. The number of Topliss-reactive ketones (excluding diaryl/α,β-unsaturated/α-hetero) is 1. The summed E-state index contributed by atoms with van der Waals surface area (Å²) in [7, 11) is -3.70. The second-order valence-electron chi connectivity index (χ2n) is 5.10. The van der Waals surface area contributed by atoms with Crippen LogP contribution in [0, 0.1) is 23.6 Å². The quantitative estimate of drug-likeness (QED) is 0.723. The van der Waals surface area contributed by atoms with E-state index in [1.54, 1.807) is 24.3 Å². The highest BCUT2D eigenvalue weighted by molar-refractivity contribution is 9.12. The second-order valence-corrected chi connectivity index (χ2v) is 7.43. The van der Waals surface area contributed by atoms with E-state index in [2.05, 4.69) is 26.7 Å². The van der Waals surface area contributed by atoms with Crippen molar-refractivity contribution in [1.82, 2.24) is 4.31 Å². The van der Waals surface area contributed by atoms with Gasteiger partial charge < -0.3 is 0 Å². The fraction of sp³-hybridized carbons (Fsp3) is 0.400. The summed E-state index contributed by atoms with van der Waals surface area (Å²) in [4.78, 5) is 14.6. The van der Waals surface area contributed by atoms with Gasteiger partial charge in [0.1, 0.15) is 0 Å². The van der Waals surface area contributed by atoms with Crippen molar-refractivity contribution in [3.63, 3.8) is 0 Å². The van der Waals surface area contributed by atoms with Gasteiger partial charge in [0, 0.05) is 21.8 Å². The Bertz CT molecular complexity index is 682. The van der Waals surface area contributed by atoms with Crippen LogP contribution in [-0.4, -0.2) is 31.6 Å². The molecular weight excluding hydrogens is 354 g/mol. The maximum Gasteiger partial charge on any atom is 0.244 e. The molecule has 0 saturated heterocycles. The van der Waals surface area contributed by atoms with Crippen molar-refractivity contribution in [3.05, 3.63) is 29.8 Å². The summed E-state index contributed by atoms with van der Waals surface area (Å²) in [5.41, 5.74) is 0.981. The van der Waals surface area contributed by atoms with E-state index in [9.17, 15) is 13.2 Å². The molecule has 0 aromatic heterocycles.